The van der Waals surface area contributed by atoms with Gasteiger partial charge in [0.15, 0.2) is 0 Å². The molecule has 2 aliphatic heterocycles. The number of allylic oxidation sites excluding steroid dienone is 2. The average Bonchev–Trinajstić information content (AvgIpc) is 2.45. The summed E-state index contributed by atoms with van der Waals surface area (Å²) in [6.45, 7) is 11.0. The minimum Gasteiger partial charge on any atom is -0.387 e. The van der Waals surface area contributed by atoms with Gasteiger partial charge in [-0.1, -0.05) is 44.1 Å². The fraction of sp³-hybridized carbons (Fsp3) is 0.800. The quantitative estimate of drug-likeness (QED) is 0.689. The van der Waals surface area contributed by atoms with Crippen LogP contribution in [-0.2, 0) is 4.74 Å². The second-order valence-corrected chi connectivity index (χ2v) is 8.01. The molecule has 0 aromatic rings. The molecule has 1 N–H and O–H groups in total. The van der Waals surface area contributed by atoms with Gasteiger partial charge in [0.1, 0.15) is 6.10 Å². The zero-order chi connectivity index (χ0) is 16.3. The Bertz CT molecular complexity index is 431. The van der Waals surface area contributed by atoms with E-state index in [1.165, 1.54) is 30.4 Å². The lowest BCUT2D eigenvalue weighted by atomic mass is 9.82. The Morgan fingerprint density at radius 1 is 1.36 bits per heavy atom. The van der Waals surface area contributed by atoms with Crippen molar-refractivity contribution in [2.75, 3.05) is 0 Å². The van der Waals surface area contributed by atoms with Crippen molar-refractivity contribution in [2.24, 2.45) is 11.8 Å². The van der Waals surface area contributed by atoms with Crippen LogP contribution < -0.4 is 0 Å². The maximum Gasteiger partial charge on any atom is 0.105 e. The van der Waals surface area contributed by atoms with Gasteiger partial charge in [0, 0.05) is 0 Å². The lowest BCUT2D eigenvalue weighted by Gasteiger charge is -2.40. The molecule has 0 unspecified atom stereocenters. The Morgan fingerprint density at radius 2 is 2.09 bits per heavy atom. The van der Waals surface area contributed by atoms with Crippen molar-refractivity contribution in [1.82, 2.24) is 0 Å². The van der Waals surface area contributed by atoms with Crippen LogP contribution >= 0.6 is 0 Å². The summed E-state index contributed by atoms with van der Waals surface area (Å²) in [4.78, 5) is 0. The first kappa shape index (κ1) is 17.7. The third-order valence-electron chi connectivity index (χ3n) is 5.49. The number of hydrogen-bond acceptors (Lipinski definition) is 2. The van der Waals surface area contributed by atoms with Crippen LogP contribution in [0.5, 0.6) is 0 Å². The van der Waals surface area contributed by atoms with Crippen molar-refractivity contribution in [3.63, 3.8) is 0 Å². The first-order chi connectivity index (χ1) is 10.3. The summed E-state index contributed by atoms with van der Waals surface area (Å²) in [7, 11) is 0. The summed E-state index contributed by atoms with van der Waals surface area (Å²) < 4.78 is 6.35. The maximum atomic E-state index is 10.9. The van der Waals surface area contributed by atoms with Crippen LogP contribution in [0.1, 0.15) is 73.1 Å². The Balaban J connectivity index is 2.27. The van der Waals surface area contributed by atoms with Gasteiger partial charge < -0.3 is 9.84 Å². The largest absolute Gasteiger partial charge is 0.387 e. The number of hydrogen-bond donors (Lipinski definition) is 1. The van der Waals surface area contributed by atoms with Crippen LogP contribution in [0, 0.1) is 11.8 Å². The summed E-state index contributed by atoms with van der Waals surface area (Å²) >= 11 is 0. The predicted octanol–water partition coefficient (Wildman–Crippen LogP) is 5.02. The van der Waals surface area contributed by atoms with E-state index in [-0.39, 0.29) is 12.2 Å². The highest BCUT2D eigenvalue weighted by Gasteiger charge is 2.37. The fourth-order valence-electron chi connectivity index (χ4n) is 3.60. The molecule has 0 aliphatic carbocycles. The molecule has 0 fully saturated rings. The molecular weight excluding hydrogens is 272 g/mol. The van der Waals surface area contributed by atoms with Crippen molar-refractivity contribution in [3.05, 3.63) is 23.3 Å². The Morgan fingerprint density at radius 3 is 2.77 bits per heavy atom. The van der Waals surface area contributed by atoms with E-state index in [4.69, 9.17) is 4.74 Å². The standard InChI is InChI=1S/C20H34O2/c1-14(2)17-12-18-16(4)10-6-8-15(3)9-7-11-20(5,21)19(13-17)22-18/h9,13-14,16,18-19,21H,6-8,10-12H2,1-5H3/b15-9+/t16-,18+,19+,20+/m1/s1. The predicted molar refractivity (Wildman–Crippen MR) is 92.8 cm³/mol. The lowest BCUT2D eigenvalue weighted by molar-refractivity contribution is -0.127. The van der Waals surface area contributed by atoms with Crippen LogP contribution in [0.2, 0.25) is 0 Å². The van der Waals surface area contributed by atoms with Crippen LogP contribution in [0.4, 0.5) is 0 Å². The topological polar surface area (TPSA) is 29.5 Å². The SMILES string of the molecule is C/C1=C\CC[C@](C)(O)[C@@H]2C=C(C(C)C)C[C@H](O2)[C@H](C)CCC1. The second kappa shape index (κ2) is 7.31. The summed E-state index contributed by atoms with van der Waals surface area (Å²) in [5.74, 6) is 1.08. The first-order valence-electron chi connectivity index (χ1n) is 9.03. The first-order valence-corrected chi connectivity index (χ1v) is 9.03. The van der Waals surface area contributed by atoms with E-state index in [0.29, 0.717) is 11.8 Å². The smallest absolute Gasteiger partial charge is 0.105 e. The zero-order valence-corrected chi connectivity index (χ0v) is 15.1. The highest BCUT2D eigenvalue weighted by atomic mass is 16.5. The van der Waals surface area contributed by atoms with Crippen LogP contribution in [0.3, 0.4) is 0 Å². The van der Waals surface area contributed by atoms with E-state index in [1.54, 1.807) is 0 Å². The number of fused-ring (bicyclic) bond motifs is 2. The van der Waals surface area contributed by atoms with Crippen molar-refractivity contribution >= 4 is 0 Å². The number of rotatable bonds is 1. The molecule has 22 heavy (non-hydrogen) atoms. The van der Waals surface area contributed by atoms with Gasteiger partial charge in [-0.3, -0.25) is 0 Å². The van der Waals surface area contributed by atoms with Gasteiger partial charge in [-0.15, -0.1) is 0 Å². The molecule has 2 rings (SSSR count). The van der Waals surface area contributed by atoms with E-state index in [1.807, 2.05) is 6.92 Å². The van der Waals surface area contributed by atoms with Gasteiger partial charge >= 0.3 is 0 Å². The molecule has 0 aromatic heterocycles. The highest BCUT2D eigenvalue weighted by Crippen LogP contribution is 2.36. The van der Waals surface area contributed by atoms with E-state index in [9.17, 15) is 5.11 Å². The fourth-order valence-corrected chi connectivity index (χ4v) is 3.60. The summed E-state index contributed by atoms with van der Waals surface area (Å²) in [5, 5.41) is 10.9. The monoisotopic (exact) mass is 306 g/mol. The van der Waals surface area contributed by atoms with Gasteiger partial charge in [-0.2, -0.15) is 0 Å². The third-order valence-corrected chi connectivity index (χ3v) is 5.49. The number of ether oxygens (including phenoxy) is 1. The molecule has 126 valence electrons. The minimum absolute atomic E-state index is 0.167. The van der Waals surface area contributed by atoms with Gasteiger partial charge in [0.2, 0.25) is 0 Å². The molecule has 2 heteroatoms. The average molecular weight is 306 g/mol. The van der Waals surface area contributed by atoms with E-state index < -0.39 is 5.60 Å². The Hall–Kier alpha value is -0.600. The molecule has 2 nitrogen and oxygen atoms in total. The summed E-state index contributed by atoms with van der Waals surface area (Å²) in [6.07, 6.45) is 10.9. The van der Waals surface area contributed by atoms with Gasteiger partial charge in [0.25, 0.3) is 0 Å². The maximum absolute atomic E-state index is 10.9. The molecule has 0 amide bonds. The van der Waals surface area contributed by atoms with Crippen LogP contribution in [0.25, 0.3) is 0 Å². The normalized spacial score (nSPS) is 40.2. The molecule has 4 atom stereocenters. The Kier molecular flexibility index (Phi) is 5.90. The van der Waals surface area contributed by atoms with Crippen LogP contribution in [0.15, 0.2) is 23.3 Å². The molecule has 2 aliphatic rings. The lowest BCUT2D eigenvalue weighted by Crippen LogP contribution is -2.46. The molecule has 0 saturated carbocycles. The van der Waals surface area contributed by atoms with Crippen molar-refractivity contribution in [2.45, 2.75) is 91.0 Å². The van der Waals surface area contributed by atoms with Gasteiger partial charge in [-0.25, -0.2) is 0 Å². The van der Waals surface area contributed by atoms with Crippen molar-refractivity contribution in [3.8, 4) is 0 Å². The van der Waals surface area contributed by atoms with E-state index in [2.05, 4.69) is 39.8 Å². The van der Waals surface area contributed by atoms with E-state index in [0.717, 1.165) is 19.3 Å². The van der Waals surface area contributed by atoms with Gasteiger partial charge in [-0.05, 0) is 64.2 Å². The number of aliphatic hydroxyl groups is 1. The summed E-state index contributed by atoms with van der Waals surface area (Å²) in [6, 6.07) is 0. The molecular formula is C20H34O2. The molecule has 0 radical (unpaired) electrons. The van der Waals surface area contributed by atoms with Crippen molar-refractivity contribution < 1.29 is 9.84 Å². The Labute approximate surface area is 136 Å². The molecule has 0 saturated heterocycles. The van der Waals surface area contributed by atoms with Crippen molar-refractivity contribution in [1.29, 1.82) is 0 Å². The molecule has 2 heterocycles. The summed E-state index contributed by atoms with van der Waals surface area (Å²) in [5.41, 5.74) is 2.14. The molecule has 0 aromatic carbocycles. The molecule has 0 spiro atoms. The van der Waals surface area contributed by atoms with Gasteiger partial charge in [0.05, 0.1) is 11.7 Å². The highest BCUT2D eigenvalue weighted by molar-refractivity contribution is 5.16. The second-order valence-electron chi connectivity index (χ2n) is 8.01. The minimum atomic E-state index is -0.783. The zero-order valence-electron chi connectivity index (χ0n) is 15.1. The molecule has 2 bridgehead atoms. The third kappa shape index (κ3) is 4.45. The van der Waals surface area contributed by atoms with Crippen LogP contribution in [-0.4, -0.2) is 22.9 Å². The van der Waals surface area contributed by atoms with E-state index >= 15 is 0 Å².